The van der Waals surface area contributed by atoms with Crippen LogP contribution < -0.4 is 9.64 Å². The van der Waals surface area contributed by atoms with Gasteiger partial charge in [-0.2, -0.15) is 5.26 Å². The minimum absolute atomic E-state index is 0.0674. The highest BCUT2D eigenvalue weighted by Crippen LogP contribution is 2.33. The Bertz CT molecular complexity index is 2260. The van der Waals surface area contributed by atoms with Crippen molar-refractivity contribution in [2.24, 2.45) is 5.92 Å². The minimum Gasteiger partial charge on any atom is -0.467 e. The van der Waals surface area contributed by atoms with Crippen LogP contribution in [0.4, 0.5) is 15.4 Å². The van der Waals surface area contributed by atoms with Crippen molar-refractivity contribution in [2.45, 2.75) is 83.9 Å². The number of benzene rings is 1. The second-order valence-electron chi connectivity index (χ2n) is 15.3. The predicted octanol–water partition coefficient (Wildman–Crippen LogP) is 2.26. The predicted molar refractivity (Wildman–Crippen MR) is 221 cm³/mol. The number of likely N-dealkylation sites (tertiary alicyclic amines) is 1. The number of carbonyl (C=O) groups is 7. The van der Waals surface area contributed by atoms with Crippen LogP contribution in [0.15, 0.2) is 42.9 Å². The zero-order chi connectivity index (χ0) is 46.8. The Balaban J connectivity index is 1.23. The van der Waals surface area contributed by atoms with Gasteiger partial charge in [0.1, 0.15) is 30.9 Å². The zero-order valence-electron chi connectivity index (χ0n) is 36.8. The van der Waals surface area contributed by atoms with E-state index in [1.807, 2.05) is 18.0 Å². The Morgan fingerprint density at radius 1 is 0.891 bits per heavy atom. The molecule has 5 rings (SSSR count). The monoisotopic (exact) mass is 892 g/mol. The van der Waals surface area contributed by atoms with Gasteiger partial charge in [-0.3, -0.25) is 23.7 Å². The number of amides is 3. The fourth-order valence-corrected chi connectivity index (χ4v) is 7.45. The number of anilines is 1. The fraction of sp³-hybridized carbons (Fsp3) is 0.524. The fourth-order valence-electron chi connectivity index (χ4n) is 7.45. The lowest BCUT2D eigenvalue weighted by Gasteiger charge is -2.43. The highest BCUT2D eigenvalue weighted by molar-refractivity contribution is 5.95. The first-order valence-electron chi connectivity index (χ1n) is 20.3. The van der Waals surface area contributed by atoms with Crippen molar-refractivity contribution in [1.82, 2.24) is 29.2 Å². The maximum Gasteiger partial charge on any atom is 0.409 e. The Kier molecular flexibility index (Phi) is 16.0. The average Bonchev–Trinajstić information content (AvgIpc) is 3.70. The van der Waals surface area contributed by atoms with Crippen LogP contribution in [0.1, 0.15) is 46.1 Å². The van der Waals surface area contributed by atoms with Gasteiger partial charge < -0.3 is 52.8 Å². The molecule has 64 heavy (non-hydrogen) atoms. The molecule has 344 valence electrons. The van der Waals surface area contributed by atoms with Gasteiger partial charge in [0.2, 0.25) is 18.3 Å². The first-order chi connectivity index (χ1) is 30.4. The van der Waals surface area contributed by atoms with E-state index in [2.05, 4.69) is 16.9 Å². The van der Waals surface area contributed by atoms with E-state index in [1.165, 1.54) is 33.8 Å². The molecular formula is C42H52N8O14. The molecule has 0 bridgehead atoms. The largest absolute Gasteiger partial charge is 0.467 e. The Labute approximate surface area is 368 Å². The number of carbonyl (C=O) groups excluding carboxylic acids is 7. The molecule has 0 aliphatic carbocycles. The standard InChI is InChI=1S/C42H52N8O14/c1-24-14-17-49(32(54)13-16-43)21-30(24)48(7)37-29-15-18-50(38(29)45-23-44-37)41(56)46(5)19-20-47(6)42(57)59-22-28-11-9-10-12-31(28)63-40-36(62-27(4)53)34(61-26(3)52)33(60-25(2)51)35(64-40)39(55)58-8/h9-12,15,18,23-24,30,33-36,40H,13-14,17,19-22H2,1-8H3/t24-,30+,33+,34+,35+,36-,40-/m1/s1. The third-order valence-corrected chi connectivity index (χ3v) is 10.8. The molecule has 3 amide bonds. The van der Waals surface area contributed by atoms with E-state index < -0.39 is 66.7 Å². The number of nitrogens with zero attached hydrogens (tertiary/aromatic N) is 8. The lowest BCUT2D eigenvalue weighted by molar-refractivity contribution is -0.282. The Hall–Kier alpha value is -7.02. The van der Waals surface area contributed by atoms with Gasteiger partial charge in [-0.15, -0.1) is 0 Å². The molecule has 2 fully saturated rings. The molecule has 22 nitrogen and oxygen atoms in total. The lowest BCUT2D eigenvalue weighted by Crippen LogP contribution is -2.64. The van der Waals surface area contributed by atoms with Crippen LogP contribution in [0.5, 0.6) is 5.75 Å². The number of hydrogen-bond donors (Lipinski definition) is 0. The highest BCUT2D eigenvalue weighted by Gasteiger charge is 2.56. The molecule has 1 aromatic carbocycles. The van der Waals surface area contributed by atoms with Crippen LogP contribution in [0.3, 0.4) is 0 Å². The van der Waals surface area contributed by atoms with Crippen LogP contribution >= 0.6 is 0 Å². The summed E-state index contributed by atoms with van der Waals surface area (Å²) < 4.78 is 39.9. The first-order valence-corrected chi connectivity index (χ1v) is 20.3. The number of methoxy groups -OCH3 is 1. The van der Waals surface area contributed by atoms with Crippen molar-refractivity contribution in [3.05, 3.63) is 48.4 Å². The highest BCUT2D eigenvalue weighted by atomic mass is 16.7. The first kappa shape index (κ1) is 48.0. The number of piperidine rings is 1. The third-order valence-electron chi connectivity index (χ3n) is 10.8. The molecule has 22 heteroatoms. The number of likely N-dealkylation sites (N-methyl/N-ethyl adjacent to an activating group) is 3. The van der Waals surface area contributed by atoms with Gasteiger partial charge in [-0.25, -0.2) is 24.4 Å². The van der Waals surface area contributed by atoms with E-state index in [1.54, 1.807) is 42.4 Å². The summed E-state index contributed by atoms with van der Waals surface area (Å²) in [5.74, 6) is -2.90. The molecule has 2 saturated heterocycles. The summed E-state index contributed by atoms with van der Waals surface area (Å²) in [6, 6.07) is 9.47. The molecule has 0 saturated carbocycles. The van der Waals surface area contributed by atoms with Crippen LogP contribution in [-0.2, 0) is 59.0 Å². The van der Waals surface area contributed by atoms with Gasteiger partial charge >= 0.3 is 36.0 Å². The Morgan fingerprint density at radius 2 is 1.55 bits per heavy atom. The molecule has 7 atom stereocenters. The van der Waals surface area contributed by atoms with Gasteiger partial charge in [0.15, 0.2) is 24.0 Å². The summed E-state index contributed by atoms with van der Waals surface area (Å²) in [6.07, 6.45) is -5.24. The van der Waals surface area contributed by atoms with E-state index in [0.717, 1.165) is 34.3 Å². The summed E-state index contributed by atoms with van der Waals surface area (Å²) in [5, 5.41) is 9.66. The number of rotatable bonds is 14. The van der Waals surface area contributed by atoms with Crippen LogP contribution in [0.2, 0.25) is 0 Å². The molecule has 3 aromatic rings. The van der Waals surface area contributed by atoms with Crippen LogP contribution in [0, 0.1) is 17.2 Å². The molecule has 0 unspecified atom stereocenters. The summed E-state index contributed by atoms with van der Waals surface area (Å²) in [4.78, 5) is 104. The quantitative estimate of drug-likeness (QED) is 0.166. The van der Waals surface area contributed by atoms with Crippen molar-refractivity contribution < 1.29 is 66.7 Å². The van der Waals surface area contributed by atoms with Crippen molar-refractivity contribution >= 4 is 58.8 Å². The molecule has 2 aliphatic heterocycles. The molecule has 2 aromatic heterocycles. The number of nitriles is 1. The summed E-state index contributed by atoms with van der Waals surface area (Å²) in [6.45, 7) is 6.14. The zero-order valence-corrected chi connectivity index (χ0v) is 36.8. The molecule has 2 aliphatic rings. The summed E-state index contributed by atoms with van der Waals surface area (Å²) >= 11 is 0. The number of fused-ring (bicyclic) bond motifs is 1. The second-order valence-corrected chi connectivity index (χ2v) is 15.3. The van der Waals surface area contributed by atoms with E-state index in [0.29, 0.717) is 35.5 Å². The molecular weight excluding hydrogens is 841 g/mol. The topological polar surface area (TPSA) is 252 Å². The summed E-state index contributed by atoms with van der Waals surface area (Å²) in [7, 11) is 6.02. The molecule has 0 N–H and O–H groups in total. The second kappa shape index (κ2) is 21.4. The lowest BCUT2D eigenvalue weighted by atomic mass is 9.92. The number of para-hydroxylation sites is 1. The van der Waals surface area contributed by atoms with E-state index in [-0.39, 0.29) is 49.7 Å². The van der Waals surface area contributed by atoms with Crippen molar-refractivity contribution in [3.63, 3.8) is 0 Å². The number of hydrogen-bond acceptors (Lipinski definition) is 18. The van der Waals surface area contributed by atoms with Gasteiger partial charge in [0.25, 0.3) is 0 Å². The number of aromatic nitrogens is 3. The maximum absolute atomic E-state index is 13.7. The van der Waals surface area contributed by atoms with Crippen LogP contribution in [0.25, 0.3) is 11.0 Å². The number of esters is 4. The Morgan fingerprint density at radius 3 is 2.22 bits per heavy atom. The van der Waals surface area contributed by atoms with E-state index in [4.69, 9.17) is 38.4 Å². The van der Waals surface area contributed by atoms with E-state index in [9.17, 15) is 33.6 Å². The van der Waals surface area contributed by atoms with Crippen molar-refractivity contribution in [2.75, 3.05) is 59.3 Å². The van der Waals surface area contributed by atoms with Gasteiger partial charge in [-0.05, 0) is 24.5 Å². The SMILES string of the molecule is COC(=O)[C@H]1O[C@@H](Oc2ccccc2COC(=O)N(C)CCN(C)C(=O)n2ccc3c(N(C)[C@H]4CN(C(=O)CC#N)CC[C@H]4C)ncnc32)[C@H](OC(C)=O)[C@@H](OC(C)=O)[C@@H]1OC(C)=O. The summed E-state index contributed by atoms with van der Waals surface area (Å²) in [5.41, 5.74) is 0.685. The van der Waals surface area contributed by atoms with Crippen molar-refractivity contribution in [3.8, 4) is 11.8 Å². The molecule has 4 heterocycles. The van der Waals surface area contributed by atoms with Gasteiger partial charge in [-0.1, -0.05) is 25.1 Å². The normalized spacial score (nSPS) is 21.7. The molecule has 0 spiro atoms. The average molecular weight is 893 g/mol. The maximum atomic E-state index is 13.7. The van der Waals surface area contributed by atoms with Crippen LogP contribution in [-0.4, -0.2) is 162 Å². The third kappa shape index (κ3) is 11.3. The van der Waals surface area contributed by atoms with Gasteiger partial charge in [0, 0.05) is 79.9 Å². The van der Waals surface area contributed by atoms with Gasteiger partial charge in [0.05, 0.1) is 24.6 Å². The number of ether oxygens (including phenoxy) is 7. The minimum atomic E-state index is -1.68. The molecule has 0 radical (unpaired) electrons. The van der Waals surface area contributed by atoms with E-state index >= 15 is 0 Å². The van der Waals surface area contributed by atoms with Crippen molar-refractivity contribution in [1.29, 1.82) is 5.26 Å². The smallest absolute Gasteiger partial charge is 0.409 e.